The Labute approximate surface area is 183 Å². The van der Waals surface area contributed by atoms with Crippen molar-refractivity contribution in [3.05, 3.63) is 59.6 Å². The monoisotopic (exact) mass is 441 g/mol. The number of pyridine rings is 1. The molecule has 32 heavy (non-hydrogen) atoms. The van der Waals surface area contributed by atoms with Gasteiger partial charge in [-0.05, 0) is 50.6 Å². The number of piperidine rings is 1. The second-order valence-electron chi connectivity index (χ2n) is 7.70. The number of nitrogen functional groups attached to an aromatic ring is 1. The first-order valence-corrected chi connectivity index (χ1v) is 10.2. The molecule has 1 aliphatic heterocycles. The molecular weight excluding hydrogens is 416 g/mol. The number of amidine groups is 1. The maximum atomic E-state index is 14.5. The van der Waals surface area contributed by atoms with E-state index in [1.54, 1.807) is 18.5 Å². The summed E-state index contributed by atoms with van der Waals surface area (Å²) in [6.07, 6.45) is 7.28. The van der Waals surface area contributed by atoms with E-state index in [9.17, 15) is 8.78 Å². The summed E-state index contributed by atoms with van der Waals surface area (Å²) in [7, 11) is 0. The molecule has 3 heterocycles. The molecule has 2 aromatic heterocycles. The topological polar surface area (TPSA) is 136 Å². The summed E-state index contributed by atoms with van der Waals surface area (Å²) >= 11 is 0. The van der Waals surface area contributed by atoms with Crippen LogP contribution in [0.5, 0.6) is 0 Å². The van der Waals surface area contributed by atoms with Crippen molar-refractivity contribution in [3.8, 4) is 11.1 Å². The van der Waals surface area contributed by atoms with Gasteiger partial charge in [0.05, 0.1) is 23.5 Å². The highest BCUT2D eigenvalue weighted by molar-refractivity contribution is 6.12. The average Bonchev–Trinajstić information content (AvgIpc) is 3.30. The zero-order valence-electron chi connectivity index (χ0n) is 17.6. The average molecular weight is 441 g/mol. The molecule has 168 valence electrons. The molecule has 1 aromatic carbocycles. The normalized spacial score (nSPS) is 15.2. The van der Waals surface area contributed by atoms with Crippen molar-refractivity contribution >= 4 is 17.3 Å². The highest BCUT2D eigenvalue weighted by Gasteiger charge is 2.23. The number of anilines is 2. The Morgan fingerprint density at radius 2 is 1.94 bits per heavy atom. The Hall–Kier alpha value is -3.57. The van der Waals surface area contributed by atoms with Crippen LogP contribution in [-0.2, 0) is 0 Å². The van der Waals surface area contributed by atoms with Crippen molar-refractivity contribution in [1.82, 2.24) is 20.1 Å². The van der Waals surface area contributed by atoms with Gasteiger partial charge in [0.25, 0.3) is 0 Å². The Balaban J connectivity index is 1.67. The SMILES string of the molecule is Cc1ccc(N(N)/C(=N\N)c2cc(-c3cnn(C4CCNCC4)c3)cnc2N)c(F)c1F. The smallest absolute Gasteiger partial charge is 0.184 e. The van der Waals surface area contributed by atoms with Gasteiger partial charge >= 0.3 is 0 Å². The standard InChI is InChI=1S/C21H25F2N9/c1-12-2-3-17(19(23)18(12)22)32(26)21(30-25)16-8-13(9-28-20(16)24)14-10-29-31(11-14)15-4-6-27-7-5-15/h2-3,8-11,15,27H,4-7,25-26H2,1H3,(H2,24,28)/b30-21-. The van der Waals surface area contributed by atoms with Gasteiger partial charge in [-0.15, -0.1) is 0 Å². The summed E-state index contributed by atoms with van der Waals surface area (Å²) in [6, 6.07) is 4.77. The van der Waals surface area contributed by atoms with Gasteiger partial charge in [-0.1, -0.05) is 6.07 Å². The van der Waals surface area contributed by atoms with E-state index in [0.29, 0.717) is 11.6 Å². The molecule has 7 N–H and O–H groups in total. The third-order valence-electron chi connectivity index (χ3n) is 5.64. The minimum atomic E-state index is -1.11. The predicted octanol–water partition coefficient (Wildman–Crippen LogP) is 2.04. The van der Waals surface area contributed by atoms with Gasteiger partial charge in [0, 0.05) is 23.5 Å². The van der Waals surface area contributed by atoms with E-state index < -0.39 is 11.6 Å². The van der Waals surface area contributed by atoms with E-state index in [4.69, 9.17) is 17.4 Å². The van der Waals surface area contributed by atoms with Crippen LogP contribution in [-0.4, -0.2) is 33.7 Å². The van der Waals surface area contributed by atoms with E-state index in [-0.39, 0.29) is 28.5 Å². The van der Waals surface area contributed by atoms with Crippen molar-refractivity contribution < 1.29 is 8.78 Å². The lowest BCUT2D eigenvalue weighted by Crippen LogP contribution is -2.40. The minimum absolute atomic E-state index is 0.0650. The predicted molar refractivity (Wildman–Crippen MR) is 119 cm³/mol. The first kappa shape index (κ1) is 21.7. The van der Waals surface area contributed by atoms with Gasteiger partial charge in [0.1, 0.15) is 5.82 Å². The molecule has 0 atom stereocenters. The quantitative estimate of drug-likeness (QED) is 0.210. The second kappa shape index (κ2) is 8.89. The third kappa shape index (κ3) is 3.99. The van der Waals surface area contributed by atoms with Crippen LogP contribution < -0.4 is 27.7 Å². The molecule has 0 saturated carbocycles. The van der Waals surface area contributed by atoms with Gasteiger partial charge in [0.2, 0.25) is 0 Å². The first-order chi connectivity index (χ1) is 15.4. The Bertz CT molecular complexity index is 1150. The maximum Gasteiger partial charge on any atom is 0.184 e. The molecule has 0 bridgehead atoms. The molecule has 3 aromatic rings. The number of nitrogens with one attached hydrogen (secondary N) is 1. The van der Waals surface area contributed by atoms with Gasteiger partial charge in [-0.25, -0.2) is 19.6 Å². The number of hydrogen-bond donors (Lipinski definition) is 4. The molecule has 0 radical (unpaired) electrons. The number of aryl methyl sites for hydroxylation is 1. The van der Waals surface area contributed by atoms with Gasteiger partial charge < -0.3 is 16.9 Å². The summed E-state index contributed by atoms with van der Waals surface area (Å²) in [6.45, 7) is 3.36. The largest absolute Gasteiger partial charge is 0.383 e. The lowest BCUT2D eigenvalue weighted by molar-refractivity contribution is 0.343. The number of nitrogens with two attached hydrogens (primary N) is 3. The molecule has 1 fully saturated rings. The number of halogens is 2. The van der Waals surface area contributed by atoms with E-state index in [2.05, 4.69) is 20.5 Å². The van der Waals surface area contributed by atoms with E-state index >= 15 is 0 Å². The molecule has 0 spiro atoms. The summed E-state index contributed by atoms with van der Waals surface area (Å²) in [4.78, 5) is 4.22. The van der Waals surface area contributed by atoms with Crippen molar-refractivity contribution in [2.75, 3.05) is 23.8 Å². The highest BCUT2D eigenvalue weighted by Crippen LogP contribution is 2.28. The number of hydrogen-bond acceptors (Lipinski definition) is 7. The zero-order chi connectivity index (χ0) is 22.8. The second-order valence-corrected chi connectivity index (χ2v) is 7.70. The van der Waals surface area contributed by atoms with Crippen LogP contribution >= 0.6 is 0 Å². The molecule has 0 unspecified atom stereocenters. The van der Waals surface area contributed by atoms with Crippen LogP contribution in [0.2, 0.25) is 0 Å². The number of hydrazone groups is 1. The fraction of sp³-hybridized carbons (Fsp3) is 0.286. The van der Waals surface area contributed by atoms with Gasteiger partial charge in [-0.3, -0.25) is 9.69 Å². The Kier molecular flexibility index (Phi) is 6.01. The lowest BCUT2D eigenvalue weighted by atomic mass is 10.1. The molecule has 0 amide bonds. The summed E-state index contributed by atoms with van der Waals surface area (Å²) < 4.78 is 30.5. The fourth-order valence-corrected chi connectivity index (χ4v) is 3.77. The van der Waals surface area contributed by atoms with Crippen LogP contribution in [0.1, 0.15) is 30.0 Å². The number of benzene rings is 1. The number of nitrogens with zero attached hydrogens (tertiary/aromatic N) is 5. The van der Waals surface area contributed by atoms with Crippen molar-refractivity contribution in [2.45, 2.75) is 25.8 Å². The maximum absolute atomic E-state index is 14.5. The molecule has 1 saturated heterocycles. The summed E-state index contributed by atoms with van der Waals surface area (Å²) in [5, 5.41) is 12.4. The first-order valence-electron chi connectivity index (χ1n) is 10.2. The Morgan fingerprint density at radius 3 is 2.66 bits per heavy atom. The molecule has 1 aliphatic rings. The fourth-order valence-electron chi connectivity index (χ4n) is 3.77. The summed E-state index contributed by atoms with van der Waals surface area (Å²) in [5.41, 5.74) is 7.78. The van der Waals surface area contributed by atoms with Gasteiger partial charge in [-0.2, -0.15) is 10.2 Å². The number of aromatic nitrogens is 3. The van der Waals surface area contributed by atoms with E-state index in [1.165, 1.54) is 19.1 Å². The molecule has 4 rings (SSSR count). The number of rotatable bonds is 4. The molecule has 11 heteroatoms. The summed E-state index contributed by atoms with van der Waals surface area (Å²) in [5.74, 6) is 9.55. The van der Waals surface area contributed by atoms with E-state index in [1.807, 2.05) is 10.9 Å². The Morgan fingerprint density at radius 1 is 1.19 bits per heavy atom. The lowest BCUT2D eigenvalue weighted by Gasteiger charge is -2.23. The van der Waals surface area contributed by atoms with Crippen LogP contribution in [0, 0.1) is 18.6 Å². The minimum Gasteiger partial charge on any atom is -0.383 e. The van der Waals surface area contributed by atoms with Crippen molar-refractivity contribution in [2.24, 2.45) is 16.8 Å². The van der Waals surface area contributed by atoms with E-state index in [0.717, 1.165) is 36.5 Å². The molecule has 0 aliphatic carbocycles. The van der Waals surface area contributed by atoms with Crippen LogP contribution in [0.4, 0.5) is 20.3 Å². The highest BCUT2D eigenvalue weighted by atomic mass is 19.2. The van der Waals surface area contributed by atoms with Crippen molar-refractivity contribution in [1.29, 1.82) is 0 Å². The molecular formula is C21H25F2N9. The van der Waals surface area contributed by atoms with Crippen LogP contribution in [0.25, 0.3) is 11.1 Å². The van der Waals surface area contributed by atoms with Crippen LogP contribution in [0.3, 0.4) is 0 Å². The van der Waals surface area contributed by atoms with Gasteiger partial charge in [0.15, 0.2) is 17.5 Å². The van der Waals surface area contributed by atoms with Crippen molar-refractivity contribution in [3.63, 3.8) is 0 Å². The molecule has 9 nitrogen and oxygen atoms in total. The zero-order valence-corrected chi connectivity index (χ0v) is 17.6. The van der Waals surface area contributed by atoms with Crippen LogP contribution in [0.15, 0.2) is 41.9 Å². The number of hydrazine groups is 1. The third-order valence-corrected chi connectivity index (χ3v) is 5.64.